The minimum Gasteiger partial charge on any atom is -0.300 e. The highest BCUT2D eigenvalue weighted by Crippen LogP contribution is 2.48. The van der Waals surface area contributed by atoms with Crippen molar-refractivity contribution in [3.8, 4) is 0 Å². The maximum absolute atomic E-state index is 13.2. The van der Waals surface area contributed by atoms with E-state index in [1.807, 2.05) is 0 Å². The largest absolute Gasteiger partial charge is 0.410 e. The van der Waals surface area contributed by atoms with Crippen molar-refractivity contribution in [2.45, 2.75) is 31.5 Å². The molecule has 1 N–H and O–H groups in total. The van der Waals surface area contributed by atoms with E-state index in [0.717, 1.165) is 6.07 Å². The maximum atomic E-state index is 13.2. The van der Waals surface area contributed by atoms with Gasteiger partial charge in [-0.3, -0.25) is 0 Å². The highest BCUT2D eigenvalue weighted by molar-refractivity contribution is 5.40. The lowest BCUT2D eigenvalue weighted by atomic mass is 9.91. The predicted octanol–water partition coefficient (Wildman–Crippen LogP) is 3.14. The monoisotopic (exact) mass is 247 g/mol. The van der Waals surface area contributed by atoms with E-state index in [1.165, 1.54) is 12.1 Å². The fraction of sp³-hybridized carbons (Fsp3) is 0.500. The summed E-state index contributed by atoms with van der Waals surface area (Å²) in [5.74, 6) is -0.488. The highest BCUT2D eigenvalue weighted by Gasteiger charge is 2.58. The zero-order chi connectivity index (χ0) is 12.7. The number of halogens is 4. The number of alkyl halides is 3. The van der Waals surface area contributed by atoms with E-state index < -0.39 is 17.5 Å². The average Bonchev–Trinajstić information content (AvgIpc) is 2.57. The minimum absolute atomic E-state index is 0.0663. The van der Waals surface area contributed by atoms with Crippen LogP contribution in [0.2, 0.25) is 0 Å². The van der Waals surface area contributed by atoms with Crippen molar-refractivity contribution in [3.63, 3.8) is 0 Å². The SMILES string of the molecule is CCNC1(C(F)(F)F)CCc2cc(F)ccc21. The maximum Gasteiger partial charge on any atom is 0.410 e. The first kappa shape index (κ1) is 12.4. The summed E-state index contributed by atoms with van der Waals surface area (Å²) in [4.78, 5) is 0. The Balaban J connectivity index is 2.53. The Morgan fingerprint density at radius 1 is 1.35 bits per heavy atom. The Hall–Kier alpha value is -1.10. The molecule has 0 aromatic heterocycles. The van der Waals surface area contributed by atoms with Gasteiger partial charge in [-0.15, -0.1) is 0 Å². The quantitative estimate of drug-likeness (QED) is 0.792. The van der Waals surface area contributed by atoms with Crippen LogP contribution in [0.1, 0.15) is 24.5 Å². The first-order valence-electron chi connectivity index (χ1n) is 5.51. The lowest BCUT2D eigenvalue weighted by Crippen LogP contribution is -2.52. The Labute approximate surface area is 96.8 Å². The summed E-state index contributed by atoms with van der Waals surface area (Å²) < 4.78 is 52.7. The second-order valence-corrected chi connectivity index (χ2v) is 4.23. The number of rotatable bonds is 2. The molecule has 0 fully saturated rings. The van der Waals surface area contributed by atoms with Gasteiger partial charge in [0.05, 0.1) is 0 Å². The van der Waals surface area contributed by atoms with Crippen LogP contribution in [0.25, 0.3) is 0 Å². The molecule has 1 aromatic carbocycles. The van der Waals surface area contributed by atoms with Gasteiger partial charge in [0, 0.05) is 0 Å². The van der Waals surface area contributed by atoms with Gasteiger partial charge in [-0.05, 0) is 42.6 Å². The molecule has 94 valence electrons. The summed E-state index contributed by atoms with van der Waals surface area (Å²) in [6.45, 7) is 1.85. The molecule has 1 aliphatic carbocycles. The first-order chi connectivity index (χ1) is 7.90. The Bertz CT molecular complexity index is 427. The molecular formula is C12H13F4N. The number of hydrogen-bond donors (Lipinski definition) is 1. The van der Waals surface area contributed by atoms with E-state index in [0.29, 0.717) is 5.56 Å². The lowest BCUT2D eigenvalue weighted by molar-refractivity contribution is -0.200. The summed E-state index contributed by atoms with van der Waals surface area (Å²) in [6.07, 6.45) is -4.19. The van der Waals surface area contributed by atoms with E-state index in [4.69, 9.17) is 0 Å². The van der Waals surface area contributed by atoms with Crippen molar-refractivity contribution in [3.05, 3.63) is 35.1 Å². The molecule has 1 nitrogen and oxygen atoms in total. The van der Waals surface area contributed by atoms with Crippen LogP contribution in [-0.4, -0.2) is 12.7 Å². The van der Waals surface area contributed by atoms with Gasteiger partial charge in [0.2, 0.25) is 0 Å². The van der Waals surface area contributed by atoms with Crippen LogP contribution < -0.4 is 5.32 Å². The lowest BCUT2D eigenvalue weighted by Gasteiger charge is -2.33. The van der Waals surface area contributed by atoms with Crippen molar-refractivity contribution in [2.75, 3.05) is 6.54 Å². The third kappa shape index (κ3) is 1.82. The summed E-state index contributed by atoms with van der Waals surface area (Å²) in [5, 5.41) is 2.53. The van der Waals surface area contributed by atoms with E-state index in [9.17, 15) is 17.6 Å². The topological polar surface area (TPSA) is 12.0 Å². The van der Waals surface area contributed by atoms with E-state index >= 15 is 0 Å². The van der Waals surface area contributed by atoms with Crippen LogP contribution in [-0.2, 0) is 12.0 Å². The van der Waals surface area contributed by atoms with Gasteiger partial charge in [0.15, 0.2) is 0 Å². The van der Waals surface area contributed by atoms with Gasteiger partial charge in [0.25, 0.3) is 0 Å². The van der Waals surface area contributed by atoms with Crippen molar-refractivity contribution in [1.29, 1.82) is 0 Å². The van der Waals surface area contributed by atoms with Gasteiger partial charge < -0.3 is 5.32 Å². The minimum atomic E-state index is -4.37. The molecule has 5 heteroatoms. The van der Waals surface area contributed by atoms with Crippen molar-refractivity contribution in [2.24, 2.45) is 0 Å². The Morgan fingerprint density at radius 3 is 2.65 bits per heavy atom. The highest BCUT2D eigenvalue weighted by atomic mass is 19.4. The summed E-state index contributed by atoms with van der Waals surface area (Å²) in [5.41, 5.74) is -1.40. The molecular weight excluding hydrogens is 234 g/mol. The van der Waals surface area contributed by atoms with Gasteiger partial charge in [-0.25, -0.2) is 4.39 Å². The molecule has 1 atom stereocenters. The van der Waals surface area contributed by atoms with E-state index in [1.54, 1.807) is 6.92 Å². The third-order valence-corrected chi connectivity index (χ3v) is 3.26. The molecule has 1 unspecified atom stereocenters. The molecule has 0 saturated carbocycles. The van der Waals surface area contributed by atoms with Gasteiger partial charge in [-0.1, -0.05) is 13.0 Å². The third-order valence-electron chi connectivity index (χ3n) is 3.26. The molecule has 0 spiro atoms. The standard InChI is InChI=1S/C12H13F4N/c1-2-17-11(12(14,15)16)6-5-8-7-9(13)3-4-10(8)11/h3-4,7,17H,2,5-6H2,1H3. The van der Waals surface area contributed by atoms with E-state index in [-0.39, 0.29) is 24.9 Å². The van der Waals surface area contributed by atoms with Crippen molar-refractivity contribution < 1.29 is 17.6 Å². The fourth-order valence-electron chi connectivity index (χ4n) is 2.52. The second kappa shape index (κ2) is 3.98. The number of benzene rings is 1. The van der Waals surface area contributed by atoms with Crippen molar-refractivity contribution >= 4 is 0 Å². The Kier molecular flexibility index (Phi) is 2.89. The number of nitrogens with one attached hydrogen (secondary N) is 1. The molecule has 0 aliphatic heterocycles. The van der Waals surface area contributed by atoms with Crippen LogP contribution >= 0.6 is 0 Å². The molecule has 0 saturated heterocycles. The number of hydrogen-bond acceptors (Lipinski definition) is 1. The summed E-state index contributed by atoms with van der Waals surface area (Å²) in [6, 6.07) is 3.52. The van der Waals surface area contributed by atoms with Crippen LogP contribution in [0.15, 0.2) is 18.2 Å². The molecule has 0 bridgehead atoms. The van der Waals surface area contributed by atoms with Crippen LogP contribution in [0, 0.1) is 5.82 Å². The molecule has 0 amide bonds. The number of fused-ring (bicyclic) bond motifs is 1. The molecule has 0 radical (unpaired) electrons. The van der Waals surface area contributed by atoms with Crippen LogP contribution in [0.5, 0.6) is 0 Å². The number of aryl methyl sites for hydroxylation is 1. The van der Waals surface area contributed by atoms with Gasteiger partial charge >= 0.3 is 6.18 Å². The molecule has 1 aliphatic rings. The van der Waals surface area contributed by atoms with E-state index in [2.05, 4.69) is 5.32 Å². The summed E-state index contributed by atoms with van der Waals surface area (Å²) in [7, 11) is 0. The zero-order valence-corrected chi connectivity index (χ0v) is 9.37. The molecule has 1 aromatic rings. The molecule has 0 heterocycles. The molecule has 2 rings (SSSR count). The second-order valence-electron chi connectivity index (χ2n) is 4.23. The summed E-state index contributed by atoms with van der Waals surface area (Å²) >= 11 is 0. The van der Waals surface area contributed by atoms with Gasteiger partial charge in [0.1, 0.15) is 11.4 Å². The molecule has 17 heavy (non-hydrogen) atoms. The Morgan fingerprint density at radius 2 is 2.06 bits per heavy atom. The normalized spacial score (nSPS) is 23.8. The smallest absolute Gasteiger partial charge is 0.300 e. The van der Waals surface area contributed by atoms with Crippen LogP contribution in [0.4, 0.5) is 17.6 Å². The van der Waals surface area contributed by atoms with Crippen molar-refractivity contribution in [1.82, 2.24) is 5.32 Å². The average molecular weight is 247 g/mol. The van der Waals surface area contributed by atoms with Gasteiger partial charge in [-0.2, -0.15) is 13.2 Å². The zero-order valence-electron chi connectivity index (χ0n) is 9.37. The van der Waals surface area contributed by atoms with Crippen LogP contribution in [0.3, 0.4) is 0 Å². The fourth-order valence-corrected chi connectivity index (χ4v) is 2.52. The first-order valence-corrected chi connectivity index (χ1v) is 5.51. The predicted molar refractivity (Wildman–Crippen MR) is 56.1 cm³/mol.